The maximum Gasteiger partial charge on any atom is 0.234 e. The van der Waals surface area contributed by atoms with E-state index in [4.69, 9.17) is 5.26 Å². The van der Waals surface area contributed by atoms with Gasteiger partial charge in [-0.3, -0.25) is 4.79 Å². The summed E-state index contributed by atoms with van der Waals surface area (Å²) in [5.41, 5.74) is 1.73. The highest BCUT2D eigenvalue weighted by atomic mass is 16.1. The molecule has 1 aromatic carbocycles. The number of rotatable bonds is 5. The molecule has 0 atom stereocenters. The Labute approximate surface area is 157 Å². The van der Waals surface area contributed by atoms with Crippen molar-refractivity contribution in [2.24, 2.45) is 15.8 Å². The smallest absolute Gasteiger partial charge is 0.234 e. The average molecular weight is 363 g/mol. The van der Waals surface area contributed by atoms with Crippen molar-refractivity contribution in [2.75, 3.05) is 30.0 Å². The number of aromatic nitrogens is 2. The SMILES string of the molecule is CC(C)(C)CNc1nc(C#N)ncc1C(=O)c1ccc(N2CCN=N2)cc1. The monoisotopic (exact) mass is 363 g/mol. The van der Waals surface area contributed by atoms with Gasteiger partial charge in [-0.15, -0.1) is 0 Å². The molecule has 0 fully saturated rings. The molecule has 0 spiro atoms. The first-order chi connectivity index (χ1) is 12.9. The molecule has 0 radical (unpaired) electrons. The molecule has 2 aromatic rings. The van der Waals surface area contributed by atoms with Crippen LogP contribution in [0.4, 0.5) is 11.5 Å². The van der Waals surface area contributed by atoms with Crippen molar-refractivity contribution in [3.05, 3.63) is 47.4 Å². The van der Waals surface area contributed by atoms with E-state index < -0.39 is 0 Å². The van der Waals surface area contributed by atoms with E-state index in [1.165, 1.54) is 6.20 Å². The van der Waals surface area contributed by atoms with Crippen LogP contribution in [-0.2, 0) is 0 Å². The van der Waals surface area contributed by atoms with Gasteiger partial charge in [0.1, 0.15) is 11.9 Å². The average Bonchev–Trinajstić information content (AvgIpc) is 3.20. The number of carbonyl (C=O) groups excluding carboxylic acids is 1. The van der Waals surface area contributed by atoms with Gasteiger partial charge in [0.2, 0.25) is 5.82 Å². The lowest BCUT2D eigenvalue weighted by molar-refractivity contribution is 0.103. The summed E-state index contributed by atoms with van der Waals surface area (Å²) in [6, 6.07) is 9.08. The number of nitriles is 1. The van der Waals surface area contributed by atoms with Crippen molar-refractivity contribution < 1.29 is 4.79 Å². The summed E-state index contributed by atoms with van der Waals surface area (Å²) >= 11 is 0. The molecule has 0 aliphatic carbocycles. The van der Waals surface area contributed by atoms with Gasteiger partial charge < -0.3 is 5.32 Å². The van der Waals surface area contributed by atoms with Gasteiger partial charge in [0.25, 0.3) is 0 Å². The number of carbonyl (C=O) groups is 1. The number of hydrogen-bond donors (Lipinski definition) is 1. The second-order valence-electron chi connectivity index (χ2n) is 7.44. The van der Waals surface area contributed by atoms with Gasteiger partial charge in [-0.05, 0) is 29.7 Å². The number of nitrogens with zero attached hydrogens (tertiary/aromatic N) is 6. The first kappa shape index (κ1) is 18.5. The lowest BCUT2D eigenvalue weighted by atomic mass is 9.97. The van der Waals surface area contributed by atoms with Crippen LogP contribution in [0.1, 0.15) is 42.5 Å². The number of benzene rings is 1. The van der Waals surface area contributed by atoms with Gasteiger partial charge in [-0.2, -0.15) is 10.4 Å². The number of ketones is 1. The van der Waals surface area contributed by atoms with E-state index in [0.29, 0.717) is 30.0 Å². The molecule has 2 heterocycles. The van der Waals surface area contributed by atoms with Crippen LogP contribution >= 0.6 is 0 Å². The Hall–Kier alpha value is -3.34. The maximum atomic E-state index is 13.0. The zero-order valence-electron chi connectivity index (χ0n) is 15.6. The Morgan fingerprint density at radius 1 is 1.30 bits per heavy atom. The summed E-state index contributed by atoms with van der Waals surface area (Å²) in [5.74, 6) is 0.196. The Morgan fingerprint density at radius 3 is 2.63 bits per heavy atom. The molecule has 1 aliphatic rings. The predicted molar refractivity (Wildman–Crippen MR) is 102 cm³/mol. The summed E-state index contributed by atoms with van der Waals surface area (Å²) in [4.78, 5) is 21.1. The molecule has 8 nitrogen and oxygen atoms in total. The van der Waals surface area contributed by atoms with Crippen molar-refractivity contribution in [1.29, 1.82) is 5.26 Å². The number of hydrogen-bond acceptors (Lipinski definition) is 8. The van der Waals surface area contributed by atoms with Crippen LogP contribution in [0.15, 0.2) is 40.8 Å². The van der Waals surface area contributed by atoms with Gasteiger partial charge in [0.05, 0.1) is 24.3 Å². The molecule has 0 saturated heterocycles. The zero-order chi connectivity index (χ0) is 19.4. The lowest BCUT2D eigenvalue weighted by Gasteiger charge is -2.20. The largest absolute Gasteiger partial charge is 0.369 e. The Bertz CT molecular complexity index is 907. The van der Waals surface area contributed by atoms with Crippen molar-refractivity contribution in [1.82, 2.24) is 9.97 Å². The second-order valence-corrected chi connectivity index (χ2v) is 7.44. The normalized spacial score (nSPS) is 13.5. The van der Waals surface area contributed by atoms with E-state index in [9.17, 15) is 4.79 Å². The van der Waals surface area contributed by atoms with E-state index in [2.05, 4.69) is 46.4 Å². The molecular formula is C19H21N7O. The van der Waals surface area contributed by atoms with Gasteiger partial charge >= 0.3 is 0 Å². The second kappa shape index (κ2) is 7.50. The van der Waals surface area contributed by atoms with Crippen LogP contribution in [0.2, 0.25) is 0 Å². The Balaban J connectivity index is 1.86. The molecular weight excluding hydrogens is 342 g/mol. The number of anilines is 2. The number of nitrogens with one attached hydrogen (secondary N) is 1. The molecule has 27 heavy (non-hydrogen) atoms. The highest BCUT2D eigenvalue weighted by Gasteiger charge is 2.19. The van der Waals surface area contributed by atoms with Crippen LogP contribution in [0, 0.1) is 16.7 Å². The summed E-state index contributed by atoms with van der Waals surface area (Å²) in [5, 5.41) is 22.0. The molecule has 1 aromatic heterocycles. The van der Waals surface area contributed by atoms with E-state index in [-0.39, 0.29) is 17.0 Å². The van der Waals surface area contributed by atoms with Crippen molar-refractivity contribution in [3.8, 4) is 6.07 Å². The minimum Gasteiger partial charge on any atom is -0.369 e. The third kappa shape index (κ3) is 4.44. The highest BCUT2D eigenvalue weighted by molar-refractivity contribution is 6.11. The van der Waals surface area contributed by atoms with Crippen LogP contribution < -0.4 is 10.3 Å². The molecule has 0 amide bonds. The van der Waals surface area contributed by atoms with E-state index in [1.807, 2.05) is 18.2 Å². The van der Waals surface area contributed by atoms with Crippen molar-refractivity contribution in [2.45, 2.75) is 20.8 Å². The van der Waals surface area contributed by atoms with E-state index in [0.717, 1.165) is 12.2 Å². The molecule has 1 aliphatic heterocycles. The van der Waals surface area contributed by atoms with Crippen LogP contribution in [-0.4, -0.2) is 35.4 Å². The van der Waals surface area contributed by atoms with Crippen molar-refractivity contribution in [3.63, 3.8) is 0 Å². The maximum absolute atomic E-state index is 13.0. The third-order valence-corrected chi connectivity index (χ3v) is 3.93. The van der Waals surface area contributed by atoms with Crippen LogP contribution in [0.25, 0.3) is 0 Å². The lowest BCUT2D eigenvalue weighted by Crippen LogP contribution is -2.21. The summed E-state index contributed by atoms with van der Waals surface area (Å²) in [6.45, 7) is 8.23. The van der Waals surface area contributed by atoms with Crippen LogP contribution in [0.5, 0.6) is 0 Å². The summed E-state index contributed by atoms with van der Waals surface area (Å²) < 4.78 is 0. The van der Waals surface area contributed by atoms with E-state index in [1.54, 1.807) is 17.1 Å². The summed E-state index contributed by atoms with van der Waals surface area (Å²) in [6.07, 6.45) is 1.40. The molecule has 0 bridgehead atoms. The van der Waals surface area contributed by atoms with Crippen molar-refractivity contribution >= 4 is 17.3 Å². The first-order valence-corrected chi connectivity index (χ1v) is 8.68. The third-order valence-electron chi connectivity index (χ3n) is 3.93. The molecule has 3 rings (SSSR count). The molecule has 1 N–H and O–H groups in total. The molecule has 138 valence electrons. The van der Waals surface area contributed by atoms with Crippen LogP contribution in [0.3, 0.4) is 0 Å². The topological polar surface area (TPSA) is 107 Å². The standard InChI is InChI=1S/C19H21N7O/c1-19(2,3)12-22-18-15(11-21-16(10-20)24-18)17(27)13-4-6-14(7-5-13)26-9-8-23-25-26/h4-7,11H,8-9,12H2,1-3H3,(H,21,22,24). The first-order valence-electron chi connectivity index (χ1n) is 8.68. The Morgan fingerprint density at radius 2 is 2.04 bits per heavy atom. The van der Waals surface area contributed by atoms with Gasteiger partial charge in [-0.25, -0.2) is 15.0 Å². The fraction of sp³-hybridized carbons (Fsp3) is 0.368. The van der Waals surface area contributed by atoms with Gasteiger partial charge in [0.15, 0.2) is 5.78 Å². The fourth-order valence-electron chi connectivity index (χ4n) is 2.51. The summed E-state index contributed by atoms with van der Waals surface area (Å²) in [7, 11) is 0. The van der Waals surface area contributed by atoms with E-state index >= 15 is 0 Å². The molecule has 8 heteroatoms. The minimum atomic E-state index is -0.203. The molecule has 0 saturated carbocycles. The zero-order valence-corrected chi connectivity index (χ0v) is 15.6. The predicted octanol–water partition coefficient (Wildman–Crippen LogP) is 3.22. The van der Waals surface area contributed by atoms with Gasteiger partial charge in [-0.1, -0.05) is 26.0 Å². The van der Waals surface area contributed by atoms with Gasteiger partial charge in [0, 0.05) is 18.3 Å². The fourth-order valence-corrected chi connectivity index (χ4v) is 2.51. The Kier molecular flexibility index (Phi) is 5.12. The quantitative estimate of drug-likeness (QED) is 0.817. The highest BCUT2D eigenvalue weighted by Crippen LogP contribution is 2.23. The minimum absolute atomic E-state index is 0.00992. The molecule has 0 unspecified atom stereocenters.